The Morgan fingerprint density at radius 3 is 1.69 bits per heavy atom. The van der Waals surface area contributed by atoms with Crippen molar-refractivity contribution < 1.29 is 41.9 Å². The molecule has 0 saturated heterocycles. The largest absolute Gasteiger partial charge is 0.222 e. The molecule has 2 aromatic carbocycles. The molecule has 0 amide bonds. The van der Waals surface area contributed by atoms with Gasteiger partial charge in [0.2, 0.25) is 0 Å². The molecule has 1 aromatic heterocycles. The van der Waals surface area contributed by atoms with Crippen molar-refractivity contribution in [2.45, 2.75) is 0 Å². The monoisotopic (exact) mass is 445 g/mol. The van der Waals surface area contributed by atoms with Crippen LogP contribution in [0.3, 0.4) is 0 Å². The Kier molecular flexibility index (Phi) is 7.19. The van der Waals surface area contributed by atoms with Gasteiger partial charge in [0.15, 0.2) is 0 Å². The molecule has 26 heavy (non-hydrogen) atoms. The summed E-state index contributed by atoms with van der Waals surface area (Å²) in [5.41, 5.74) is 2.44. The van der Waals surface area contributed by atoms with Crippen molar-refractivity contribution in [3.63, 3.8) is 0 Å². The van der Waals surface area contributed by atoms with Gasteiger partial charge >= 0.3 is 130 Å². The van der Waals surface area contributed by atoms with E-state index in [0.29, 0.717) is 0 Å². The van der Waals surface area contributed by atoms with Gasteiger partial charge in [-0.25, -0.2) is 18.6 Å². The van der Waals surface area contributed by atoms with Crippen LogP contribution >= 0.6 is 0 Å². The molecule has 0 bridgehead atoms. The summed E-state index contributed by atoms with van der Waals surface area (Å²) < 4.78 is 48.0. The molecule has 3 aromatic rings. The Morgan fingerprint density at radius 2 is 1.23 bits per heavy atom. The summed E-state index contributed by atoms with van der Waals surface area (Å²) in [6.07, 6.45) is 2.14. The second-order valence-electron chi connectivity index (χ2n) is 4.90. The molecule has 3 rings (SSSR count). The van der Waals surface area contributed by atoms with Crippen LogP contribution in [-0.2, 0) is 0 Å². The van der Waals surface area contributed by atoms with Crippen molar-refractivity contribution >= 4 is 14.7 Å². The average molecular weight is 445 g/mol. The Morgan fingerprint density at radius 1 is 0.769 bits per heavy atom. The summed E-state index contributed by atoms with van der Waals surface area (Å²) in [4.78, 5) is 0. The number of rotatable bonds is 4. The van der Waals surface area contributed by atoms with E-state index in [4.69, 9.17) is 28.1 Å². The zero-order valence-corrected chi connectivity index (χ0v) is 16.4. The number of hydrogen-bond acceptors (Lipinski definition) is 6. The fraction of sp³-hybridized carbons (Fsp3) is 0.118. The number of ether oxygens (including phenoxy) is 2. The molecule has 0 aliphatic heterocycles. The molecule has 0 unspecified atom stereocenters. The SMILES string of the molecule is COc1ccc(-c2cc[n+](-c3ccc(OC)cc3)[se]2)cc1.[O-][Cl+3]([O-])([O-])[O-]. The summed E-state index contributed by atoms with van der Waals surface area (Å²) in [5, 5.41) is 0. The zero-order chi connectivity index (χ0) is 19.2. The normalized spacial score (nSPS) is 10.7. The minimum Gasteiger partial charge on any atom is -0.222 e. The fourth-order valence-electron chi connectivity index (χ4n) is 2.07. The predicted molar refractivity (Wildman–Crippen MR) is 83.5 cm³/mol. The van der Waals surface area contributed by atoms with Crippen molar-refractivity contribution in [3.8, 4) is 27.2 Å². The molecule has 138 valence electrons. The van der Waals surface area contributed by atoms with Crippen LogP contribution in [-0.4, -0.2) is 29.0 Å². The van der Waals surface area contributed by atoms with Gasteiger partial charge in [-0.1, -0.05) is 0 Å². The second kappa shape index (κ2) is 9.16. The molecule has 0 N–H and O–H groups in total. The average Bonchev–Trinajstić information content (AvgIpc) is 3.10. The minimum absolute atomic E-state index is 0.253. The van der Waals surface area contributed by atoms with Gasteiger partial charge in [0, 0.05) is 0 Å². The van der Waals surface area contributed by atoms with Crippen LogP contribution in [0.4, 0.5) is 0 Å². The predicted octanol–water partition coefficient (Wildman–Crippen LogP) is -2.05. The van der Waals surface area contributed by atoms with Gasteiger partial charge in [-0.15, -0.1) is 10.2 Å². The van der Waals surface area contributed by atoms with E-state index in [1.807, 2.05) is 24.3 Å². The molecule has 0 fully saturated rings. The molecular weight excluding hydrogens is 429 g/mol. The van der Waals surface area contributed by atoms with Crippen LogP contribution in [0.2, 0.25) is 0 Å². The third-order valence-electron chi connectivity index (χ3n) is 3.26. The van der Waals surface area contributed by atoms with Gasteiger partial charge in [-0.2, -0.15) is 0 Å². The molecule has 0 aliphatic rings. The molecule has 9 heteroatoms. The van der Waals surface area contributed by atoms with Gasteiger partial charge in [0.25, 0.3) is 0 Å². The van der Waals surface area contributed by atoms with Crippen LogP contribution in [0.5, 0.6) is 11.5 Å². The number of nitrogens with zero attached hydrogens (tertiary/aromatic N) is 1. The Balaban J connectivity index is 0.000000431. The summed E-state index contributed by atoms with van der Waals surface area (Å²) >= 11 is 0.253. The number of aromatic nitrogens is 1. The Bertz CT molecular complexity index is 747. The first-order valence-electron chi connectivity index (χ1n) is 7.23. The van der Waals surface area contributed by atoms with Crippen molar-refractivity contribution in [3.05, 3.63) is 60.8 Å². The van der Waals surface area contributed by atoms with Crippen molar-refractivity contribution in [1.82, 2.24) is 0 Å². The van der Waals surface area contributed by atoms with Crippen LogP contribution in [0.25, 0.3) is 15.7 Å². The van der Waals surface area contributed by atoms with Gasteiger partial charge in [-0.3, -0.25) is 0 Å². The zero-order valence-electron chi connectivity index (χ0n) is 14.0. The molecular formula is C17H16ClNO6Se. The van der Waals surface area contributed by atoms with Crippen molar-refractivity contribution in [2.24, 2.45) is 0 Å². The van der Waals surface area contributed by atoms with Crippen LogP contribution in [0, 0.1) is 10.2 Å². The van der Waals surface area contributed by atoms with Crippen LogP contribution in [0.1, 0.15) is 0 Å². The van der Waals surface area contributed by atoms with E-state index in [1.165, 1.54) is 15.7 Å². The van der Waals surface area contributed by atoms with E-state index >= 15 is 0 Å². The van der Waals surface area contributed by atoms with Crippen LogP contribution in [0.15, 0.2) is 60.8 Å². The van der Waals surface area contributed by atoms with Gasteiger partial charge in [0.05, 0.1) is 0 Å². The van der Waals surface area contributed by atoms with E-state index in [-0.39, 0.29) is 14.7 Å². The number of hydrogen-bond donors (Lipinski definition) is 0. The third kappa shape index (κ3) is 6.44. The molecule has 7 nitrogen and oxygen atoms in total. The first-order chi connectivity index (χ1) is 12.3. The van der Waals surface area contributed by atoms with Crippen molar-refractivity contribution in [2.75, 3.05) is 14.2 Å². The van der Waals surface area contributed by atoms with E-state index in [0.717, 1.165) is 11.5 Å². The second-order valence-corrected chi connectivity index (χ2v) is 7.79. The number of benzene rings is 2. The van der Waals surface area contributed by atoms with E-state index in [2.05, 4.69) is 40.1 Å². The topological polar surface area (TPSA) is 115 Å². The minimum atomic E-state index is -4.94. The molecule has 0 atom stereocenters. The first-order valence-corrected chi connectivity index (χ1v) is 10.1. The third-order valence-corrected chi connectivity index (χ3v) is 5.56. The molecule has 0 radical (unpaired) electrons. The Hall–Kier alpha value is -1.90. The summed E-state index contributed by atoms with van der Waals surface area (Å²) in [6, 6.07) is 18.6. The van der Waals surface area contributed by atoms with Crippen LogP contribution < -0.4 is 31.7 Å². The summed E-state index contributed by atoms with van der Waals surface area (Å²) in [7, 11) is -1.57. The number of methoxy groups -OCH3 is 2. The van der Waals surface area contributed by atoms with Gasteiger partial charge in [0.1, 0.15) is 0 Å². The summed E-state index contributed by atoms with van der Waals surface area (Å²) in [6.45, 7) is 0. The maximum absolute atomic E-state index is 8.49. The van der Waals surface area contributed by atoms with E-state index in [9.17, 15) is 0 Å². The van der Waals surface area contributed by atoms with Crippen molar-refractivity contribution in [1.29, 1.82) is 0 Å². The first kappa shape index (κ1) is 20.4. The van der Waals surface area contributed by atoms with Gasteiger partial charge < -0.3 is 0 Å². The maximum atomic E-state index is 8.49. The summed E-state index contributed by atoms with van der Waals surface area (Å²) in [5.74, 6) is 1.77. The standard InChI is InChI=1S/C17H16NO2Se.ClHO4/c1-19-15-7-3-13(4-8-15)17-11-12-18(21-17)14-5-9-16(20-2)10-6-14;2-1(3,4)5/h3-12H,1-2H3;(H,2,3,4,5)/q+1;/p-1. The number of halogens is 1. The Labute approximate surface area is 159 Å². The smallest absolute Gasteiger partial charge is 0.112 e. The molecule has 0 saturated carbocycles. The molecule has 1 heterocycles. The molecule has 0 aliphatic carbocycles. The van der Waals surface area contributed by atoms with E-state index < -0.39 is 10.2 Å². The quantitative estimate of drug-likeness (QED) is 0.428. The van der Waals surface area contributed by atoms with Gasteiger partial charge in [-0.05, 0) is 0 Å². The maximum Gasteiger partial charge on any atom is -0.112 e. The molecule has 0 spiro atoms. The van der Waals surface area contributed by atoms with E-state index in [1.54, 1.807) is 14.2 Å². The fourth-order valence-corrected chi connectivity index (χ4v) is 4.01.